The minimum Gasteiger partial charge on any atom is -0.298 e. The number of hydrogen-bond acceptors (Lipinski definition) is 4. The largest absolute Gasteiger partial charge is 0.298 e. The van der Waals surface area contributed by atoms with Gasteiger partial charge in [0, 0.05) is 23.3 Å². The van der Waals surface area contributed by atoms with E-state index < -0.39 is 11.7 Å². The molecule has 0 bridgehead atoms. The Hall–Kier alpha value is -1.13. The van der Waals surface area contributed by atoms with E-state index in [-0.39, 0.29) is 17.1 Å². The molecule has 0 atom stereocenters. The minimum absolute atomic E-state index is 0.257. The molecule has 0 heterocycles. The van der Waals surface area contributed by atoms with Crippen LogP contribution in [0, 0.1) is 5.92 Å². The number of hydrogen-bond donors (Lipinski definition) is 0. The second kappa shape index (κ2) is 5.88. The fraction of sp³-hybridized carbons (Fsp3) is 0.357. The van der Waals surface area contributed by atoms with Crippen molar-refractivity contribution in [1.29, 1.82) is 0 Å². The summed E-state index contributed by atoms with van der Waals surface area (Å²) >= 11 is 7.57. The molecule has 3 nitrogen and oxygen atoms in total. The Morgan fingerprint density at radius 3 is 2.42 bits per heavy atom. The van der Waals surface area contributed by atoms with Gasteiger partial charge in [0.2, 0.25) is 0 Å². The molecule has 0 aromatic heterocycles. The maximum atomic E-state index is 12.3. The van der Waals surface area contributed by atoms with Crippen LogP contribution in [-0.4, -0.2) is 23.6 Å². The van der Waals surface area contributed by atoms with Crippen LogP contribution in [0.2, 0.25) is 5.02 Å². The molecule has 100 valence electrons. The highest BCUT2D eigenvalue weighted by Gasteiger charge is 2.37. The van der Waals surface area contributed by atoms with Gasteiger partial charge in [0.15, 0.2) is 17.3 Å². The van der Waals surface area contributed by atoms with Crippen molar-refractivity contribution in [2.75, 3.05) is 6.26 Å². The molecular weight excluding hydrogens is 284 g/mol. The van der Waals surface area contributed by atoms with Crippen molar-refractivity contribution >= 4 is 40.7 Å². The van der Waals surface area contributed by atoms with Crippen molar-refractivity contribution < 1.29 is 14.4 Å². The summed E-state index contributed by atoms with van der Waals surface area (Å²) in [5, 5.41) is 0.294. The van der Waals surface area contributed by atoms with Gasteiger partial charge in [-0.05, 0) is 30.9 Å². The topological polar surface area (TPSA) is 51.2 Å². The highest BCUT2D eigenvalue weighted by atomic mass is 35.5. The van der Waals surface area contributed by atoms with Crippen molar-refractivity contribution in [3.05, 3.63) is 28.8 Å². The molecular formula is C14H13ClO3S. The smallest absolute Gasteiger partial charge is 0.182 e. The van der Waals surface area contributed by atoms with Crippen LogP contribution in [0.25, 0.3) is 0 Å². The van der Waals surface area contributed by atoms with Crippen molar-refractivity contribution in [2.24, 2.45) is 5.92 Å². The van der Waals surface area contributed by atoms with Gasteiger partial charge in [0.25, 0.3) is 0 Å². The lowest BCUT2D eigenvalue weighted by Gasteiger charge is -2.18. The van der Waals surface area contributed by atoms with E-state index in [1.807, 2.05) is 6.26 Å². The van der Waals surface area contributed by atoms with E-state index >= 15 is 0 Å². The summed E-state index contributed by atoms with van der Waals surface area (Å²) in [4.78, 5) is 36.8. The van der Waals surface area contributed by atoms with E-state index in [1.165, 1.54) is 11.8 Å². The molecule has 0 N–H and O–H groups in total. The standard InChI is InChI=1S/C14H13ClO3S/c1-19-8-5-6-9(10(15)7-8)14(18)13-11(16)3-2-4-12(13)17/h5-7,13H,2-4H2,1H3. The maximum absolute atomic E-state index is 12.3. The first-order chi connectivity index (χ1) is 9.04. The number of ketones is 3. The molecule has 1 fully saturated rings. The van der Waals surface area contributed by atoms with Crippen LogP contribution in [0.15, 0.2) is 23.1 Å². The van der Waals surface area contributed by atoms with Gasteiger partial charge in [0.05, 0.1) is 5.02 Å². The number of carbonyl (C=O) groups is 3. The lowest BCUT2D eigenvalue weighted by atomic mass is 9.82. The SMILES string of the molecule is CSc1ccc(C(=O)C2C(=O)CCCC2=O)c(Cl)c1. The minimum atomic E-state index is -1.15. The number of thioether (sulfide) groups is 1. The van der Waals surface area contributed by atoms with E-state index in [1.54, 1.807) is 18.2 Å². The van der Waals surface area contributed by atoms with Crippen molar-refractivity contribution in [3.8, 4) is 0 Å². The molecule has 1 saturated carbocycles. The van der Waals surface area contributed by atoms with Crippen molar-refractivity contribution in [1.82, 2.24) is 0 Å². The summed E-state index contributed by atoms with van der Waals surface area (Å²) in [6, 6.07) is 5.03. The van der Waals surface area contributed by atoms with Crippen LogP contribution < -0.4 is 0 Å². The third kappa shape index (κ3) is 2.90. The van der Waals surface area contributed by atoms with Gasteiger partial charge in [-0.25, -0.2) is 0 Å². The van der Waals surface area contributed by atoms with E-state index in [0.29, 0.717) is 24.3 Å². The number of benzene rings is 1. The van der Waals surface area contributed by atoms with Crippen LogP contribution in [0.3, 0.4) is 0 Å². The third-order valence-electron chi connectivity index (χ3n) is 3.19. The molecule has 1 aliphatic rings. The number of halogens is 1. The summed E-state index contributed by atoms with van der Waals surface area (Å²) in [6.45, 7) is 0. The van der Waals surface area contributed by atoms with Gasteiger partial charge >= 0.3 is 0 Å². The Morgan fingerprint density at radius 2 is 1.89 bits per heavy atom. The van der Waals surface area contributed by atoms with E-state index in [4.69, 9.17) is 11.6 Å². The van der Waals surface area contributed by atoms with Gasteiger partial charge in [-0.1, -0.05) is 11.6 Å². The second-order valence-electron chi connectivity index (χ2n) is 4.43. The first-order valence-electron chi connectivity index (χ1n) is 5.97. The fourth-order valence-electron chi connectivity index (χ4n) is 2.18. The van der Waals surface area contributed by atoms with Crippen LogP contribution in [0.1, 0.15) is 29.6 Å². The second-order valence-corrected chi connectivity index (χ2v) is 5.72. The van der Waals surface area contributed by atoms with Crippen LogP contribution in [0.4, 0.5) is 0 Å². The monoisotopic (exact) mass is 296 g/mol. The zero-order valence-electron chi connectivity index (χ0n) is 10.4. The Kier molecular flexibility index (Phi) is 4.42. The molecule has 2 rings (SSSR count). The highest BCUT2D eigenvalue weighted by molar-refractivity contribution is 7.98. The molecule has 0 saturated heterocycles. The Labute approximate surface area is 120 Å². The van der Waals surface area contributed by atoms with E-state index in [2.05, 4.69) is 0 Å². The van der Waals surface area contributed by atoms with Crippen molar-refractivity contribution in [3.63, 3.8) is 0 Å². The molecule has 1 aromatic rings. The van der Waals surface area contributed by atoms with Crippen LogP contribution in [-0.2, 0) is 9.59 Å². The predicted octanol–water partition coefficient (Wildman–Crippen LogP) is 3.18. The Bertz CT molecular complexity index is 538. The van der Waals surface area contributed by atoms with Gasteiger partial charge in [0.1, 0.15) is 5.92 Å². The fourth-order valence-corrected chi connectivity index (χ4v) is 2.95. The summed E-state index contributed by atoms with van der Waals surface area (Å²) in [6.07, 6.45) is 3.03. The average Bonchev–Trinajstić information content (AvgIpc) is 2.38. The molecule has 0 unspecified atom stereocenters. The normalized spacial score (nSPS) is 16.7. The van der Waals surface area contributed by atoms with Gasteiger partial charge in [-0.15, -0.1) is 11.8 Å². The van der Waals surface area contributed by atoms with Gasteiger partial charge in [-0.3, -0.25) is 14.4 Å². The number of Topliss-reactive ketones (excluding diaryl/α,β-unsaturated/α-hetero) is 3. The molecule has 19 heavy (non-hydrogen) atoms. The average molecular weight is 297 g/mol. The molecule has 0 spiro atoms. The van der Waals surface area contributed by atoms with Gasteiger partial charge < -0.3 is 0 Å². The lowest BCUT2D eigenvalue weighted by molar-refractivity contribution is -0.133. The molecule has 5 heteroatoms. The summed E-state index contributed by atoms with van der Waals surface area (Å²) < 4.78 is 0. The zero-order chi connectivity index (χ0) is 14.0. The molecule has 1 aliphatic carbocycles. The quantitative estimate of drug-likeness (QED) is 0.488. The highest BCUT2D eigenvalue weighted by Crippen LogP contribution is 2.28. The maximum Gasteiger partial charge on any atom is 0.182 e. The zero-order valence-corrected chi connectivity index (χ0v) is 12.0. The first kappa shape index (κ1) is 14.3. The summed E-state index contributed by atoms with van der Waals surface area (Å²) in [5.74, 6) is -2.18. The van der Waals surface area contributed by atoms with E-state index in [9.17, 15) is 14.4 Å². The van der Waals surface area contributed by atoms with Crippen molar-refractivity contribution in [2.45, 2.75) is 24.2 Å². The Balaban J connectivity index is 2.33. The molecule has 0 radical (unpaired) electrons. The molecule has 1 aromatic carbocycles. The van der Waals surface area contributed by atoms with Crippen LogP contribution >= 0.6 is 23.4 Å². The third-order valence-corrected chi connectivity index (χ3v) is 4.23. The first-order valence-corrected chi connectivity index (χ1v) is 7.58. The molecule has 0 aliphatic heterocycles. The summed E-state index contributed by atoms with van der Waals surface area (Å²) in [7, 11) is 0. The van der Waals surface area contributed by atoms with E-state index in [0.717, 1.165) is 4.90 Å². The number of rotatable bonds is 3. The van der Waals surface area contributed by atoms with Crippen LogP contribution in [0.5, 0.6) is 0 Å². The summed E-state index contributed by atoms with van der Waals surface area (Å²) in [5.41, 5.74) is 0.257. The van der Waals surface area contributed by atoms with Gasteiger partial charge in [-0.2, -0.15) is 0 Å². The molecule has 0 amide bonds. The number of carbonyl (C=O) groups excluding carboxylic acids is 3. The lowest BCUT2D eigenvalue weighted by Crippen LogP contribution is -2.35. The Morgan fingerprint density at radius 1 is 1.26 bits per heavy atom. The predicted molar refractivity (Wildman–Crippen MR) is 74.9 cm³/mol.